The predicted octanol–water partition coefficient (Wildman–Crippen LogP) is 1.10. The van der Waals surface area contributed by atoms with Crippen LogP contribution in [-0.4, -0.2) is 54.6 Å². The number of nitrogens with zero attached hydrogens (tertiary/aromatic N) is 2. The molecular formula is C11H15F3N2O. The Balaban J connectivity index is 2.69. The van der Waals surface area contributed by atoms with Gasteiger partial charge in [-0.25, -0.2) is 0 Å². The van der Waals surface area contributed by atoms with Crippen LogP contribution in [0.4, 0.5) is 13.2 Å². The molecule has 0 unspecified atom stereocenters. The van der Waals surface area contributed by atoms with Gasteiger partial charge >= 0.3 is 12.1 Å². The second-order valence-electron chi connectivity index (χ2n) is 4.36. The van der Waals surface area contributed by atoms with Gasteiger partial charge in [0.25, 0.3) is 0 Å². The number of likely N-dealkylation sites (tertiary alicyclic amines) is 1. The van der Waals surface area contributed by atoms with Crippen LogP contribution < -0.4 is 0 Å². The highest BCUT2D eigenvalue weighted by Crippen LogP contribution is 2.28. The fourth-order valence-corrected chi connectivity index (χ4v) is 1.98. The van der Waals surface area contributed by atoms with Gasteiger partial charge in [-0.1, -0.05) is 5.92 Å². The molecule has 0 atom stereocenters. The summed E-state index contributed by atoms with van der Waals surface area (Å²) in [5, 5.41) is 0. The Morgan fingerprint density at radius 2 is 1.82 bits per heavy atom. The average Bonchev–Trinajstić information content (AvgIpc) is 2.26. The molecule has 1 rings (SSSR count). The minimum Gasteiger partial charge on any atom is -0.335 e. The Labute approximate surface area is 98.6 Å². The molecule has 0 aromatic carbocycles. The third-order valence-corrected chi connectivity index (χ3v) is 3.25. The van der Waals surface area contributed by atoms with Crippen LogP contribution in [0.1, 0.15) is 12.8 Å². The van der Waals surface area contributed by atoms with Crippen molar-refractivity contribution in [3.05, 3.63) is 0 Å². The minimum atomic E-state index is -4.80. The van der Waals surface area contributed by atoms with E-state index in [1.165, 1.54) is 0 Å². The van der Waals surface area contributed by atoms with E-state index in [1.54, 1.807) is 14.1 Å². The van der Waals surface area contributed by atoms with E-state index in [9.17, 15) is 18.0 Å². The average molecular weight is 248 g/mol. The van der Waals surface area contributed by atoms with Crippen LogP contribution in [0.25, 0.3) is 0 Å². The predicted molar refractivity (Wildman–Crippen MR) is 57.1 cm³/mol. The van der Waals surface area contributed by atoms with E-state index >= 15 is 0 Å². The van der Waals surface area contributed by atoms with Gasteiger partial charge in [0, 0.05) is 13.1 Å². The van der Waals surface area contributed by atoms with Gasteiger partial charge < -0.3 is 4.90 Å². The van der Waals surface area contributed by atoms with Crippen molar-refractivity contribution in [1.82, 2.24) is 9.80 Å². The molecule has 6 heteroatoms. The number of carbonyl (C=O) groups excluding carboxylic acids is 1. The molecule has 3 nitrogen and oxygen atoms in total. The summed E-state index contributed by atoms with van der Waals surface area (Å²) in [5.74, 6) is 0.846. The number of piperidine rings is 1. The largest absolute Gasteiger partial charge is 0.471 e. The van der Waals surface area contributed by atoms with Crippen molar-refractivity contribution >= 4 is 5.91 Å². The SMILES string of the molecule is C#CC1(N(C)C)CCN(C(=O)C(F)(F)F)CC1. The van der Waals surface area contributed by atoms with Gasteiger partial charge in [0.05, 0.1) is 5.54 Å². The molecule has 0 aromatic rings. The van der Waals surface area contributed by atoms with Crippen LogP contribution in [0.5, 0.6) is 0 Å². The quantitative estimate of drug-likeness (QED) is 0.649. The van der Waals surface area contributed by atoms with E-state index in [2.05, 4.69) is 5.92 Å². The summed E-state index contributed by atoms with van der Waals surface area (Å²) in [5.41, 5.74) is -0.539. The molecule has 0 bridgehead atoms. The summed E-state index contributed by atoms with van der Waals surface area (Å²) in [7, 11) is 3.59. The first-order valence-corrected chi connectivity index (χ1v) is 5.24. The highest BCUT2D eigenvalue weighted by molar-refractivity contribution is 5.82. The van der Waals surface area contributed by atoms with Crippen LogP contribution in [0.3, 0.4) is 0 Å². The fraction of sp³-hybridized carbons (Fsp3) is 0.727. The van der Waals surface area contributed by atoms with Crippen molar-refractivity contribution in [2.45, 2.75) is 24.6 Å². The highest BCUT2D eigenvalue weighted by atomic mass is 19.4. The summed E-state index contributed by atoms with van der Waals surface area (Å²) in [6.07, 6.45) is 1.35. The van der Waals surface area contributed by atoms with Crippen LogP contribution in [0.15, 0.2) is 0 Å². The van der Waals surface area contributed by atoms with Gasteiger partial charge in [0.2, 0.25) is 0 Å². The maximum Gasteiger partial charge on any atom is 0.471 e. The summed E-state index contributed by atoms with van der Waals surface area (Å²) in [4.78, 5) is 13.7. The Kier molecular flexibility index (Phi) is 3.72. The summed E-state index contributed by atoms with van der Waals surface area (Å²) in [6, 6.07) is 0. The fourth-order valence-electron chi connectivity index (χ4n) is 1.98. The van der Waals surface area contributed by atoms with E-state index in [1.807, 2.05) is 4.90 Å². The van der Waals surface area contributed by atoms with Crippen molar-refractivity contribution in [3.63, 3.8) is 0 Å². The van der Waals surface area contributed by atoms with Gasteiger partial charge in [-0.05, 0) is 26.9 Å². The first-order chi connectivity index (χ1) is 7.73. The molecular weight excluding hydrogens is 233 g/mol. The Morgan fingerprint density at radius 3 is 2.12 bits per heavy atom. The molecule has 1 saturated heterocycles. The molecule has 0 aromatic heterocycles. The Bertz CT molecular complexity index is 336. The molecule has 1 heterocycles. The minimum absolute atomic E-state index is 0.0424. The Morgan fingerprint density at radius 1 is 1.35 bits per heavy atom. The number of terminal acetylenes is 1. The summed E-state index contributed by atoms with van der Waals surface area (Å²) in [6.45, 7) is 0.0848. The summed E-state index contributed by atoms with van der Waals surface area (Å²) >= 11 is 0. The second-order valence-corrected chi connectivity index (χ2v) is 4.36. The number of amides is 1. The van der Waals surface area contributed by atoms with Gasteiger partial charge in [-0.15, -0.1) is 6.42 Å². The van der Waals surface area contributed by atoms with Gasteiger partial charge in [-0.3, -0.25) is 9.69 Å². The lowest BCUT2D eigenvalue weighted by Crippen LogP contribution is -2.55. The van der Waals surface area contributed by atoms with Crippen LogP contribution in [0.2, 0.25) is 0 Å². The van der Waals surface area contributed by atoms with Crippen molar-refractivity contribution in [2.24, 2.45) is 0 Å². The zero-order valence-corrected chi connectivity index (χ0v) is 9.84. The van der Waals surface area contributed by atoms with E-state index in [-0.39, 0.29) is 13.1 Å². The van der Waals surface area contributed by atoms with Crippen molar-refractivity contribution in [1.29, 1.82) is 0 Å². The van der Waals surface area contributed by atoms with Crippen molar-refractivity contribution < 1.29 is 18.0 Å². The van der Waals surface area contributed by atoms with Gasteiger partial charge in [0.1, 0.15) is 0 Å². The number of hydrogen-bond donors (Lipinski definition) is 0. The first-order valence-electron chi connectivity index (χ1n) is 5.24. The van der Waals surface area contributed by atoms with Crippen molar-refractivity contribution in [3.8, 4) is 12.3 Å². The topological polar surface area (TPSA) is 23.6 Å². The van der Waals surface area contributed by atoms with E-state index in [0.29, 0.717) is 12.8 Å². The van der Waals surface area contributed by atoms with E-state index in [0.717, 1.165) is 4.90 Å². The van der Waals surface area contributed by atoms with Gasteiger partial charge in [0.15, 0.2) is 0 Å². The normalized spacial score (nSPS) is 20.2. The van der Waals surface area contributed by atoms with Crippen LogP contribution in [-0.2, 0) is 4.79 Å². The lowest BCUT2D eigenvalue weighted by molar-refractivity contribution is -0.187. The molecule has 0 saturated carbocycles. The standard InChI is InChI=1S/C11H15F3N2O/c1-4-10(15(2)3)5-7-16(8-6-10)9(17)11(12,13)14/h1H,5-8H2,2-3H3. The lowest BCUT2D eigenvalue weighted by atomic mass is 9.87. The number of carbonyl (C=O) groups is 1. The summed E-state index contributed by atoms with van der Waals surface area (Å²) < 4.78 is 36.7. The van der Waals surface area contributed by atoms with Crippen LogP contribution in [0, 0.1) is 12.3 Å². The molecule has 0 radical (unpaired) electrons. The maximum atomic E-state index is 12.2. The molecule has 1 aliphatic rings. The monoisotopic (exact) mass is 248 g/mol. The molecule has 0 spiro atoms. The third-order valence-electron chi connectivity index (χ3n) is 3.25. The molecule has 1 amide bonds. The van der Waals surface area contributed by atoms with Crippen molar-refractivity contribution in [2.75, 3.05) is 27.2 Å². The smallest absolute Gasteiger partial charge is 0.335 e. The number of rotatable bonds is 1. The number of halogens is 3. The Hall–Kier alpha value is -1.22. The molecule has 17 heavy (non-hydrogen) atoms. The maximum absolute atomic E-state index is 12.2. The van der Waals surface area contributed by atoms with E-state index < -0.39 is 17.6 Å². The lowest BCUT2D eigenvalue weighted by Gasteiger charge is -2.42. The highest BCUT2D eigenvalue weighted by Gasteiger charge is 2.45. The number of hydrogen-bond acceptors (Lipinski definition) is 2. The van der Waals surface area contributed by atoms with Gasteiger partial charge in [-0.2, -0.15) is 13.2 Å². The first kappa shape index (κ1) is 13.8. The second kappa shape index (κ2) is 4.57. The van der Waals surface area contributed by atoms with E-state index in [4.69, 9.17) is 6.42 Å². The van der Waals surface area contributed by atoms with Crippen LogP contribution >= 0.6 is 0 Å². The number of alkyl halides is 3. The third kappa shape index (κ3) is 2.72. The molecule has 96 valence electrons. The molecule has 0 N–H and O–H groups in total. The zero-order valence-electron chi connectivity index (χ0n) is 9.84. The zero-order chi connectivity index (χ0) is 13.3. The molecule has 0 aliphatic carbocycles. The molecule has 1 aliphatic heterocycles. The molecule has 1 fully saturated rings.